The molecule has 208 valence electrons. The minimum absolute atomic E-state index is 0.0137. The van der Waals surface area contributed by atoms with Gasteiger partial charge >= 0.3 is 11.9 Å². The third-order valence-corrected chi connectivity index (χ3v) is 7.08. The topological polar surface area (TPSA) is 63.6 Å². The first kappa shape index (κ1) is 33.9. The number of carboxylic acid groups (broad SMARTS) is 1. The molecule has 0 radical (unpaired) electrons. The van der Waals surface area contributed by atoms with Crippen LogP contribution in [0.4, 0.5) is 0 Å². The summed E-state index contributed by atoms with van der Waals surface area (Å²) in [6.07, 6.45) is 29.8. The molecule has 1 N–H and O–H groups in total. The van der Waals surface area contributed by atoms with Crippen molar-refractivity contribution >= 4 is 11.9 Å². The summed E-state index contributed by atoms with van der Waals surface area (Å²) in [5.41, 5.74) is 0. The number of aliphatic carboxylic acids is 1. The highest BCUT2D eigenvalue weighted by molar-refractivity contribution is 5.69. The first-order chi connectivity index (χ1) is 17.1. The summed E-state index contributed by atoms with van der Waals surface area (Å²) in [7, 11) is 0. The average Bonchev–Trinajstić information content (AvgIpc) is 2.83. The summed E-state index contributed by atoms with van der Waals surface area (Å²) in [5, 5.41) is 8.68. The van der Waals surface area contributed by atoms with Crippen LogP contribution in [-0.4, -0.2) is 23.1 Å². The smallest absolute Gasteiger partial charge is 0.306 e. The standard InChI is InChI=1S/C31H60O4/c1-3-5-7-9-10-11-12-13-17-20-24-28-31(34)35-29(25-21-8-6-4-2)26-22-18-15-14-16-19-23-27-30(32)33/h29H,3-28H2,1-2H3,(H,32,33). The lowest BCUT2D eigenvalue weighted by molar-refractivity contribution is -0.150. The first-order valence-corrected chi connectivity index (χ1v) is 15.5. The Bertz CT molecular complexity index is 463. The van der Waals surface area contributed by atoms with E-state index in [0.29, 0.717) is 12.8 Å². The molecule has 0 saturated heterocycles. The molecule has 0 amide bonds. The van der Waals surface area contributed by atoms with E-state index >= 15 is 0 Å². The van der Waals surface area contributed by atoms with Gasteiger partial charge in [-0.2, -0.15) is 0 Å². The summed E-state index contributed by atoms with van der Waals surface area (Å²) in [5.74, 6) is -0.673. The van der Waals surface area contributed by atoms with Crippen molar-refractivity contribution in [1.29, 1.82) is 0 Å². The second kappa shape index (κ2) is 27.5. The molecule has 0 aromatic carbocycles. The number of hydrogen-bond donors (Lipinski definition) is 1. The molecule has 0 aromatic heterocycles. The molecular formula is C31H60O4. The second-order valence-electron chi connectivity index (χ2n) is 10.7. The summed E-state index contributed by atoms with van der Waals surface area (Å²) in [6.45, 7) is 4.50. The van der Waals surface area contributed by atoms with Crippen LogP contribution in [0.5, 0.6) is 0 Å². The monoisotopic (exact) mass is 496 g/mol. The van der Waals surface area contributed by atoms with Crippen molar-refractivity contribution in [2.24, 2.45) is 0 Å². The molecule has 0 aliphatic carbocycles. The fourth-order valence-corrected chi connectivity index (χ4v) is 4.77. The number of carbonyl (C=O) groups is 2. The SMILES string of the molecule is CCCCCCCCCCCCCC(=O)OC(CCCCCC)CCCCCCCCCC(=O)O. The van der Waals surface area contributed by atoms with E-state index in [-0.39, 0.29) is 12.1 Å². The quantitative estimate of drug-likeness (QED) is 0.0864. The van der Waals surface area contributed by atoms with Gasteiger partial charge in [0.05, 0.1) is 0 Å². The van der Waals surface area contributed by atoms with Gasteiger partial charge in [0.15, 0.2) is 0 Å². The summed E-state index contributed by atoms with van der Waals surface area (Å²) in [6, 6.07) is 0. The van der Waals surface area contributed by atoms with E-state index in [1.54, 1.807) is 0 Å². The van der Waals surface area contributed by atoms with Crippen LogP contribution in [0.15, 0.2) is 0 Å². The van der Waals surface area contributed by atoms with Gasteiger partial charge in [-0.25, -0.2) is 0 Å². The zero-order valence-electron chi connectivity index (χ0n) is 23.6. The molecular weight excluding hydrogens is 436 g/mol. The normalized spacial score (nSPS) is 12.1. The Kier molecular flexibility index (Phi) is 26.7. The molecule has 1 unspecified atom stereocenters. The van der Waals surface area contributed by atoms with Crippen LogP contribution < -0.4 is 0 Å². The third kappa shape index (κ3) is 27.4. The van der Waals surface area contributed by atoms with Crippen molar-refractivity contribution in [3.8, 4) is 0 Å². The second-order valence-corrected chi connectivity index (χ2v) is 10.7. The van der Waals surface area contributed by atoms with E-state index in [1.807, 2.05) is 0 Å². The Morgan fingerprint density at radius 3 is 1.29 bits per heavy atom. The zero-order chi connectivity index (χ0) is 25.8. The fourth-order valence-electron chi connectivity index (χ4n) is 4.77. The lowest BCUT2D eigenvalue weighted by atomic mass is 10.0. The molecule has 0 spiro atoms. The van der Waals surface area contributed by atoms with Gasteiger partial charge in [0.2, 0.25) is 0 Å². The maximum atomic E-state index is 12.4. The summed E-state index contributed by atoms with van der Waals surface area (Å²) >= 11 is 0. The molecule has 35 heavy (non-hydrogen) atoms. The van der Waals surface area contributed by atoms with Crippen LogP contribution in [0, 0.1) is 0 Å². The molecule has 4 heteroatoms. The van der Waals surface area contributed by atoms with Crippen molar-refractivity contribution in [3.05, 3.63) is 0 Å². The van der Waals surface area contributed by atoms with Gasteiger partial charge in [-0.1, -0.05) is 129 Å². The third-order valence-electron chi connectivity index (χ3n) is 7.08. The van der Waals surface area contributed by atoms with Crippen molar-refractivity contribution in [3.63, 3.8) is 0 Å². The molecule has 0 rings (SSSR count). The van der Waals surface area contributed by atoms with Crippen LogP contribution in [0.3, 0.4) is 0 Å². The molecule has 0 bridgehead atoms. The highest BCUT2D eigenvalue weighted by Gasteiger charge is 2.14. The Morgan fingerprint density at radius 2 is 0.857 bits per heavy atom. The molecule has 0 aromatic rings. The lowest BCUT2D eigenvalue weighted by Crippen LogP contribution is -2.18. The molecule has 0 heterocycles. The summed E-state index contributed by atoms with van der Waals surface area (Å²) < 4.78 is 5.91. The van der Waals surface area contributed by atoms with Crippen LogP contribution >= 0.6 is 0 Å². The number of hydrogen-bond acceptors (Lipinski definition) is 3. The molecule has 0 aliphatic rings. The Morgan fingerprint density at radius 1 is 0.514 bits per heavy atom. The Hall–Kier alpha value is -1.06. The molecule has 1 atom stereocenters. The number of rotatable bonds is 28. The number of unbranched alkanes of at least 4 members (excludes halogenated alkanes) is 19. The van der Waals surface area contributed by atoms with Gasteiger partial charge in [0.25, 0.3) is 0 Å². The van der Waals surface area contributed by atoms with Crippen molar-refractivity contribution in [2.75, 3.05) is 0 Å². The van der Waals surface area contributed by atoms with Gasteiger partial charge in [0.1, 0.15) is 6.10 Å². The van der Waals surface area contributed by atoms with Gasteiger partial charge in [-0.05, 0) is 38.5 Å². The van der Waals surface area contributed by atoms with Crippen molar-refractivity contribution < 1.29 is 19.4 Å². The highest BCUT2D eigenvalue weighted by Crippen LogP contribution is 2.18. The van der Waals surface area contributed by atoms with E-state index in [2.05, 4.69) is 13.8 Å². The number of carbonyl (C=O) groups excluding carboxylic acids is 1. The molecule has 4 nitrogen and oxygen atoms in total. The van der Waals surface area contributed by atoms with Gasteiger partial charge in [0, 0.05) is 12.8 Å². The van der Waals surface area contributed by atoms with Crippen LogP contribution in [0.25, 0.3) is 0 Å². The van der Waals surface area contributed by atoms with Crippen LogP contribution in [0.1, 0.15) is 181 Å². The fraction of sp³-hybridized carbons (Fsp3) is 0.935. The minimum atomic E-state index is -0.687. The van der Waals surface area contributed by atoms with Gasteiger partial charge in [-0.3, -0.25) is 9.59 Å². The maximum absolute atomic E-state index is 12.4. The van der Waals surface area contributed by atoms with E-state index in [9.17, 15) is 9.59 Å². The maximum Gasteiger partial charge on any atom is 0.306 e. The van der Waals surface area contributed by atoms with E-state index in [1.165, 1.54) is 96.3 Å². The lowest BCUT2D eigenvalue weighted by Gasteiger charge is -2.18. The van der Waals surface area contributed by atoms with E-state index < -0.39 is 5.97 Å². The number of esters is 1. The first-order valence-electron chi connectivity index (χ1n) is 15.5. The summed E-state index contributed by atoms with van der Waals surface area (Å²) in [4.78, 5) is 23.0. The van der Waals surface area contributed by atoms with Crippen molar-refractivity contribution in [1.82, 2.24) is 0 Å². The zero-order valence-corrected chi connectivity index (χ0v) is 23.6. The van der Waals surface area contributed by atoms with E-state index in [4.69, 9.17) is 9.84 Å². The van der Waals surface area contributed by atoms with Crippen molar-refractivity contribution in [2.45, 2.75) is 187 Å². The number of carboxylic acids is 1. The number of ether oxygens (including phenoxy) is 1. The van der Waals surface area contributed by atoms with E-state index in [0.717, 1.165) is 57.8 Å². The largest absolute Gasteiger partial charge is 0.481 e. The average molecular weight is 497 g/mol. The predicted octanol–water partition coefficient (Wildman–Crippen LogP) is 10.2. The molecule has 0 saturated carbocycles. The van der Waals surface area contributed by atoms with Gasteiger partial charge in [-0.15, -0.1) is 0 Å². The molecule has 0 fully saturated rings. The van der Waals surface area contributed by atoms with Crippen LogP contribution in [-0.2, 0) is 14.3 Å². The Balaban J connectivity index is 3.86. The highest BCUT2D eigenvalue weighted by atomic mass is 16.5. The van der Waals surface area contributed by atoms with Gasteiger partial charge < -0.3 is 9.84 Å². The minimum Gasteiger partial charge on any atom is -0.481 e. The Labute approximate surface area is 218 Å². The predicted molar refractivity (Wildman–Crippen MR) is 149 cm³/mol. The van der Waals surface area contributed by atoms with Crippen LogP contribution in [0.2, 0.25) is 0 Å². The molecule has 0 aliphatic heterocycles.